The number of hydrogen-bond donors (Lipinski definition) is 2. The highest BCUT2D eigenvalue weighted by molar-refractivity contribution is 7.08. The molecular weight excluding hydrogens is 246 g/mol. The molecule has 5 heteroatoms. The number of thiophene rings is 1. The highest BCUT2D eigenvalue weighted by Gasteiger charge is 2.09. The van der Waals surface area contributed by atoms with Crippen molar-refractivity contribution >= 4 is 28.7 Å². The quantitative estimate of drug-likeness (QED) is 0.889. The van der Waals surface area contributed by atoms with Crippen LogP contribution in [-0.2, 0) is 6.42 Å². The van der Waals surface area contributed by atoms with Gasteiger partial charge in [0.1, 0.15) is 5.82 Å². The van der Waals surface area contributed by atoms with Crippen LogP contribution in [0.3, 0.4) is 0 Å². The van der Waals surface area contributed by atoms with Gasteiger partial charge in [-0.05, 0) is 30.0 Å². The third-order valence-corrected chi connectivity index (χ3v) is 3.13. The molecule has 0 aliphatic rings. The molecule has 0 fully saturated rings. The standard InChI is InChI=1S/C13H15N3OS/c1-2-3-10-6-9(7-12(14)15-10)13(17)16-11-4-5-18-8-11/h4-8H,2-3H2,1H3,(H2,14,15)(H,16,17). The van der Waals surface area contributed by atoms with Crippen LogP contribution in [0.25, 0.3) is 0 Å². The molecule has 0 aliphatic heterocycles. The van der Waals surface area contributed by atoms with Crippen LogP contribution >= 0.6 is 11.3 Å². The number of nitrogens with zero attached hydrogens (tertiary/aromatic N) is 1. The Labute approximate surface area is 110 Å². The molecule has 0 unspecified atom stereocenters. The lowest BCUT2D eigenvalue weighted by Gasteiger charge is -2.06. The number of carbonyl (C=O) groups is 1. The predicted molar refractivity (Wildman–Crippen MR) is 74.9 cm³/mol. The van der Waals surface area contributed by atoms with E-state index in [0.29, 0.717) is 11.4 Å². The summed E-state index contributed by atoms with van der Waals surface area (Å²) in [7, 11) is 0. The molecule has 0 saturated carbocycles. The maximum atomic E-state index is 12.0. The number of aryl methyl sites for hydroxylation is 1. The van der Waals surface area contributed by atoms with Gasteiger partial charge in [0.25, 0.3) is 5.91 Å². The lowest BCUT2D eigenvalue weighted by molar-refractivity contribution is 0.102. The first-order valence-electron chi connectivity index (χ1n) is 5.79. The zero-order valence-corrected chi connectivity index (χ0v) is 11.0. The van der Waals surface area contributed by atoms with Gasteiger partial charge in [-0.2, -0.15) is 11.3 Å². The van der Waals surface area contributed by atoms with Crippen molar-refractivity contribution < 1.29 is 4.79 Å². The van der Waals surface area contributed by atoms with E-state index in [4.69, 9.17) is 5.73 Å². The minimum absolute atomic E-state index is 0.153. The van der Waals surface area contributed by atoms with E-state index in [-0.39, 0.29) is 5.91 Å². The lowest BCUT2D eigenvalue weighted by Crippen LogP contribution is -2.13. The Kier molecular flexibility index (Phi) is 3.94. The average Bonchev–Trinajstić information content (AvgIpc) is 2.81. The summed E-state index contributed by atoms with van der Waals surface area (Å²) in [6, 6.07) is 5.25. The van der Waals surface area contributed by atoms with Gasteiger partial charge in [0.15, 0.2) is 0 Å². The number of pyridine rings is 1. The van der Waals surface area contributed by atoms with Crippen LogP contribution in [0.4, 0.5) is 11.5 Å². The molecule has 1 amide bonds. The Bertz CT molecular complexity index is 537. The van der Waals surface area contributed by atoms with Crippen LogP contribution < -0.4 is 11.1 Å². The molecule has 2 rings (SSSR count). The van der Waals surface area contributed by atoms with Crippen molar-refractivity contribution in [3.05, 3.63) is 40.2 Å². The van der Waals surface area contributed by atoms with Crippen molar-refractivity contribution in [1.29, 1.82) is 0 Å². The van der Waals surface area contributed by atoms with Gasteiger partial charge in [-0.15, -0.1) is 0 Å². The molecular formula is C13H15N3OS. The summed E-state index contributed by atoms with van der Waals surface area (Å²) in [4.78, 5) is 16.2. The number of aromatic nitrogens is 1. The molecule has 0 aromatic carbocycles. The van der Waals surface area contributed by atoms with Crippen LogP contribution in [0.2, 0.25) is 0 Å². The number of carbonyl (C=O) groups excluding carboxylic acids is 1. The highest BCUT2D eigenvalue weighted by Crippen LogP contribution is 2.15. The van der Waals surface area contributed by atoms with E-state index in [1.165, 1.54) is 11.3 Å². The van der Waals surface area contributed by atoms with Gasteiger partial charge in [-0.25, -0.2) is 4.98 Å². The maximum absolute atomic E-state index is 12.0. The first-order valence-corrected chi connectivity index (χ1v) is 6.73. The van der Waals surface area contributed by atoms with E-state index in [9.17, 15) is 4.79 Å². The van der Waals surface area contributed by atoms with Gasteiger partial charge >= 0.3 is 0 Å². The van der Waals surface area contributed by atoms with E-state index in [1.54, 1.807) is 12.1 Å². The molecule has 4 nitrogen and oxygen atoms in total. The minimum Gasteiger partial charge on any atom is -0.384 e. The van der Waals surface area contributed by atoms with E-state index in [0.717, 1.165) is 24.2 Å². The molecule has 0 radical (unpaired) electrons. The van der Waals surface area contributed by atoms with Gasteiger partial charge in [-0.3, -0.25) is 4.79 Å². The van der Waals surface area contributed by atoms with E-state index in [1.807, 2.05) is 16.8 Å². The molecule has 18 heavy (non-hydrogen) atoms. The van der Waals surface area contributed by atoms with E-state index >= 15 is 0 Å². The summed E-state index contributed by atoms with van der Waals surface area (Å²) in [6.45, 7) is 2.07. The number of rotatable bonds is 4. The van der Waals surface area contributed by atoms with Gasteiger partial charge < -0.3 is 11.1 Å². The number of nitrogens with two attached hydrogens (primary N) is 1. The van der Waals surface area contributed by atoms with Crippen molar-refractivity contribution in [2.24, 2.45) is 0 Å². The predicted octanol–water partition coefficient (Wildman–Crippen LogP) is 2.93. The first kappa shape index (κ1) is 12.6. The van der Waals surface area contributed by atoms with Crippen molar-refractivity contribution in [2.75, 3.05) is 11.1 Å². The van der Waals surface area contributed by atoms with Crippen molar-refractivity contribution in [2.45, 2.75) is 19.8 Å². The molecule has 0 aliphatic carbocycles. The zero-order valence-electron chi connectivity index (χ0n) is 10.1. The molecule has 0 atom stereocenters. The number of nitrogen functional groups attached to an aromatic ring is 1. The molecule has 0 spiro atoms. The van der Waals surface area contributed by atoms with Crippen molar-refractivity contribution in [3.8, 4) is 0 Å². The molecule has 3 N–H and O–H groups in total. The van der Waals surface area contributed by atoms with Crippen molar-refractivity contribution in [3.63, 3.8) is 0 Å². The van der Waals surface area contributed by atoms with Crippen molar-refractivity contribution in [1.82, 2.24) is 4.98 Å². The zero-order chi connectivity index (χ0) is 13.0. The normalized spacial score (nSPS) is 10.3. The van der Waals surface area contributed by atoms with E-state index < -0.39 is 0 Å². The fraction of sp³-hybridized carbons (Fsp3) is 0.231. The first-order chi connectivity index (χ1) is 8.69. The monoisotopic (exact) mass is 261 g/mol. The second-order valence-corrected chi connectivity index (χ2v) is 4.77. The highest BCUT2D eigenvalue weighted by atomic mass is 32.1. The van der Waals surface area contributed by atoms with Crippen LogP contribution in [-0.4, -0.2) is 10.9 Å². The van der Waals surface area contributed by atoms with Gasteiger partial charge in [-0.1, -0.05) is 13.3 Å². The summed E-state index contributed by atoms with van der Waals surface area (Å²) in [5, 5.41) is 6.62. The molecule has 2 aromatic rings. The Morgan fingerprint density at radius 2 is 2.33 bits per heavy atom. The average molecular weight is 261 g/mol. The minimum atomic E-state index is -0.153. The topological polar surface area (TPSA) is 68.0 Å². The SMILES string of the molecule is CCCc1cc(C(=O)Nc2ccsc2)cc(N)n1. The fourth-order valence-corrected chi connectivity index (χ4v) is 2.25. The smallest absolute Gasteiger partial charge is 0.255 e. The summed E-state index contributed by atoms with van der Waals surface area (Å²) < 4.78 is 0. The molecule has 2 aromatic heterocycles. The third kappa shape index (κ3) is 3.07. The number of anilines is 2. The Hall–Kier alpha value is -1.88. The van der Waals surface area contributed by atoms with E-state index in [2.05, 4.69) is 17.2 Å². The van der Waals surface area contributed by atoms with Crippen LogP contribution in [0.1, 0.15) is 29.4 Å². The molecule has 0 saturated heterocycles. The number of nitrogens with one attached hydrogen (secondary N) is 1. The Balaban J connectivity index is 2.19. The Morgan fingerprint density at radius 1 is 1.50 bits per heavy atom. The summed E-state index contributed by atoms with van der Waals surface area (Å²) in [5.74, 6) is 0.233. The maximum Gasteiger partial charge on any atom is 0.255 e. The van der Waals surface area contributed by atoms with Gasteiger partial charge in [0, 0.05) is 16.6 Å². The molecule has 94 valence electrons. The summed E-state index contributed by atoms with van der Waals surface area (Å²) >= 11 is 1.54. The second kappa shape index (κ2) is 5.64. The molecule has 2 heterocycles. The van der Waals surface area contributed by atoms with Gasteiger partial charge in [0.2, 0.25) is 0 Å². The summed E-state index contributed by atoms with van der Waals surface area (Å²) in [6.07, 6.45) is 1.80. The number of hydrogen-bond acceptors (Lipinski definition) is 4. The van der Waals surface area contributed by atoms with Crippen LogP contribution in [0.5, 0.6) is 0 Å². The van der Waals surface area contributed by atoms with Crippen LogP contribution in [0, 0.1) is 0 Å². The second-order valence-electron chi connectivity index (χ2n) is 3.99. The molecule has 0 bridgehead atoms. The largest absolute Gasteiger partial charge is 0.384 e. The number of amides is 1. The van der Waals surface area contributed by atoms with Crippen LogP contribution in [0.15, 0.2) is 29.0 Å². The lowest BCUT2D eigenvalue weighted by atomic mass is 10.1. The summed E-state index contributed by atoms with van der Waals surface area (Å²) in [5.41, 5.74) is 7.92. The Morgan fingerprint density at radius 3 is 3.00 bits per heavy atom. The fourth-order valence-electron chi connectivity index (χ4n) is 1.67. The van der Waals surface area contributed by atoms with Gasteiger partial charge in [0.05, 0.1) is 5.69 Å². The third-order valence-electron chi connectivity index (χ3n) is 2.45.